The van der Waals surface area contributed by atoms with Crippen molar-refractivity contribution in [1.29, 1.82) is 0 Å². The van der Waals surface area contributed by atoms with E-state index in [4.69, 9.17) is 4.74 Å². The van der Waals surface area contributed by atoms with Gasteiger partial charge in [-0.2, -0.15) is 0 Å². The minimum Gasteiger partial charge on any atom is -0.496 e. The van der Waals surface area contributed by atoms with Crippen LogP contribution >= 0.6 is 0 Å². The molecule has 2 aromatic carbocycles. The first-order valence-corrected chi connectivity index (χ1v) is 12.1. The van der Waals surface area contributed by atoms with E-state index in [1.165, 1.54) is 39.4 Å². The molecule has 7 nitrogen and oxygen atoms in total. The normalized spacial score (nSPS) is 14.2. The Balaban J connectivity index is 1.63. The number of amides is 1. The molecule has 31 heavy (non-hydrogen) atoms. The third-order valence-corrected chi connectivity index (χ3v) is 6.74. The average molecular weight is 445 g/mol. The summed E-state index contributed by atoms with van der Waals surface area (Å²) in [5.41, 5.74) is 2.40. The molecule has 1 aliphatic heterocycles. The van der Waals surface area contributed by atoms with Crippen LogP contribution in [0, 0.1) is 0 Å². The molecule has 0 saturated carbocycles. The predicted molar refractivity (Wildman–Crippen MR) is 122 cm³/mol. The van der Waals surface area contributed by atoms with Gasteiger partial charge in [-0.25, -0.2) is 8.42 Å². The Hall–Kier alpha value is -2.87. The summed E-state index contributed by atoms with van der Waals surface area (Å²) in [4.78, 5) is 26.3. The van der Waals surface area contributed by atoms with E-state index in [2.05, 4.69) is 10.2 Å². The molecule has 0 unspecified atom stereocenters. The number of piperidine rings is 1. The van der Waals surface area contributed by atoms with Crippen LogP contribution in [0.15, 0.2) is 42.5 Å². The highest BCUT2D eigenvalue weighted by molar-refractivity contribution is 7.91. The van der Waals surface area contributed by atoms with Gasteiger partial charge in [0.05, 0.1) is 12.9 Å². The van der Waals surface area contributed by atoms with E-state index in [-0.39, 0.29) is 5.78 Å². The Labute approximate surface area is 183 Å². The molecule has 1 aliphatic rings. The summed E-state index contributed by atoms with van der Waals surface area (Å²) in [5.74, 6) is -1.46. The van der Waals surface area contributed by atoms with Crippen molar-refractivity contribution in [3.8, 4) is 5.75 Å². The van der Waals surface area contributed by atoms with Crippen LogP contribution in [0.5, 0.6) is 5.75 Å². The molecule has 0 radical (unpaired) electrons. The summed E-state index contributed by atoms with van der Waals surface area (Å²) in [6.07, 6.45) is 3.61. The maximum atomic E-state index is 12.6. The van der Waals surface area contributed by atoms with Crippen LogP contribution in [0.25, 0.3) is 0 Å². The van der Waals surface area contributed by atoms with Crippen molar-refractivity contribution in [2.45, 2.75) is 31.9 Å². The van der Waals surface area contributed by atoms with Crippen molar-refractivity contribution in [3.05, 3.63) is 53.6 Å². The van der Waals surface area contributed by atoms with Gasteiger partial charge in [0, 0.05) is 35.6 Å². The number of carbonyl (C=O) groups excluding carboxylic acids is 2. The monoisotopic (exact) mass is 444 g/mol. The van der Waals surface area contributed by atoms with E-state index in [9.17, 15) is 18.0 Å². The first-order chi connectivity index (χ1) is 14.8. The van der Waals surface area contributed by atoms with Gasteiger partial charge in [-0.05, 0) is 68.7 Å². The Morgan fingerprint density at radius 3 is 2.32 bits per heavy atom. The van der Waals surface area contributed by atoms with E-state index < -0.39 is 27.3 Å². The predicted octanol–water partition coefficient (Wildman–Crippen LogP) is 3.44. The molecule has 0 aliphatic carbocycles. The van der Waals surface area contributed by atoms with Gasteiger partial charge in [-0.3, -0.25) is 9.59 Å². The largest absolute Gasteiger partial charge is 0.496 e. The van der Waals surface area contributed by atoms with Crippen LogP contribution < -0.4 is 15.0 Å². The highest BCUT2D eigenvalue weighted by atomic mass is 32.2. The first-order valence-electron chi connectivity index (χ1n) is 10.3. The second-order valence-electron chi connectivity index (χ2n) is 7.76. The standard InChI is InChI=1S/C23H28N2O5S/c1-17(26)18-6-11-22(30-2)19(14-18)15-31(28,29)16-23(27)24-20-7-9-21(10-8-20)25-12-4-3-5-13-25/h6-11,14H,3-5,12-13,15-16H2,1-2H3,(H,24,27). The molecule has 0 atom stereocenters. The molecule has 1 N–H and O–H groups in total. The summed E-state index contributed by atoms with van der Waals surface area (Å²) in [6.45, 7) is 3.46. The molecule has 1 heterocycles. The molecule has 1 amide bonds. The Morgan fingerprint density at radius 2 is 1.71 bits per heavy atom. The third kappa shape index (κ3) is 6.30. The zero-order valence-electron chi connectivity index (χ0n) is 17.9. The van der Waals surface area contributed by atoms with E-state index in [1.54, 1.807) is 24.3 Å². The van der Waals surface area contributed by atoms with Crippen molar-refractivity contribution in [3.63, 3.8) is 0 Å². The number of nitrogens with zero attached hydrogens (tertiary/aromatic N) is 1. The van der Waals surface area contributed by atoms with Gasteiger partial charge in [0.2, 0.25) is 5.91 Å². The third-order valence-electron chi connectivity index (χ3n) is 5.29. The first kappa shape index (κ1) is 22.8. The Bertz CT molecular complexity index is 1040. The second kappa shape index (κ2) is 9.96. The van der Waals surface area contributed by atoms with Gasteiger partial charge in [-0.15, -0.1) is 0 Å². The fraction of sp³-hybridized carbons (Fsp3) is 0.391. The van der Waals surface area contributed by atoms with E-state index in [0.29, 0.717) is 22.6 Å². The molecule has 0 spiro atoms. The number of carbonyl (C=O) groups is 2. The quantitative estimate of drug-likeness (QED) is 0.627. The summed E-state index contributed by atoms with van der Waals surface area (Å²) < 4.78 is 30.4. The molecule has 0 bridgehead atoms. The lowest BCUT2D eigenvalue weighted by Crippen LogP contribution is -2.29. The Morgan fingerprint density at radius 1 is 1.03 bits per heavy atom. The van der Waals surface area contributed by atoms with Crippen molar-refractivity contribution in [2.75, 3.05) is 36.2 Å². The zero-order chi connectivity index (χ0) is 22.4. The fourth-order valence-corrected chi connectivity index (χ4v) is 4.98. The lowest BCUT2D eigenvalue weighted by molar-refractivity contribution is -0.113. The molecule has 3 rings (SSSR count). The van der Waals surface area contributed by atoms with Gasteiger partial charge >= 0.3 is 0 Å². The number of ether oxygens (including phenoxy) is 1. The second-order valence-corrected chi connectivity index (χ2v) is 9.82. The molecular formula is C23H28N2O5S. The van der Waals surface area contributed by atoms with E-state index in [1.807, 2.05) is 12.1 Å². The number of hydrogen-bond donors (Lipinski definition) is 1. The minimum absolute atomic E-state index is 0.174. The molecule has 0 aromatic heterocycles. The number of sulfone groups is 1. The maximum Gasteiger partial charge on any atom is 0.239 e. The van der Waals surface area contributed by atoms with Crippen molar-refractivity contribution in [1.82, 2.24) is 0 Å². The maximum absolute atomic E-state index is 12.6. The highest BCUT2D eigenvalue weighted by Gasteiger charge is 2.21. The molecule has 1 fully saturated rings. The van der Waals surface area contributed by atoms with Crippen LogP contribution in [-0.4, -0.2) is 46.1 Å². The zero-order valence-corrected chi connectivity index (χ0v) is 18.7. The van der Waals surface area contributed by atoms with Crippen molar-refractivity contribution in [2.24, 2.45) is 0 Å². The van der Waals surface area contributed by atoms with Crippen LogP contribution in [0.4, 0.5) is 11.4 Å². The number of ketones is 1. The fourth-order valence-electron chi connectivity index (χ4n) is 3.70. The molecule has 8 heteroatoms. The summed E-state index contributed by atoms with van der Waals surface area (Å²) >= 11 is 0. The van der Waals surface area contributed by atoms with Crippen molar-refractivity contribution < 1.29 is 22.7 Å². The lowest BCUT2D eigenvalue weighted by atomic mass is 10.1. The number of nitrogens with one attached hydrogen (secondary N) is 1. The van der Waals surface area contributed by atoms with E-state index >= 15 is 0 Å². The van der Waals surface area contributed by atoms with Crippen LogP contribution in [0.3, 0.4) is 0 Å². The minimum atomic E-state index is -3.77. The summed E-state index contributed by atoms with van der Waals surface area (Å²) in [7, 11) is -2.34. The van der Waals surface area contributed by atoms with Gasteiger partial charge in [0.15, 0.2) is 15.6 Å². The lowest BCUT2D eigenvalue weighted by Gasteiger charge is -2.28. The average Bonchev–Trinajstić information content (AvgIpc) is 2.74. The number of methoxy groups -OCH3 is 1. The number of Topliss-reactive ketones (excluding diaryl/α,β-unsaturated/α-hetero) is 1. The van der Waals surface area contributed by atoms with Gasteiger partial charge in [-0.1, -0.05) is 0 Å². The number of anilines is 2. The number of rotatable bonds is 8. The molecular weight excluding hydrogens is 416 g/mol. The molecule has 2 aromatic rings. The van der Waals surface area contributed by atoms with Gasteiger partial charge in [0.25, 0.3) is 0 Å². The SMILES string of the molecule is COc1ccc(C(C)=O)cc1CS(=O)(=O)CC(=O)Nc1ccc(N2CCCCC2)cc1. The summed E-state index contributed by atoms with van der Waals surface area (Å²) in [5, 5.41) is 2.65. The Kier molecular flexibility index (Phi) is 7.33. The number of benzene rings is 2. The molecule has 1 saturated heterocycles. The van der Waals surface area contributed by atoms with Gasteiger partial charge in [0.1, 0.15) is 11.5 Å². The summed E-state index contributed by atoms with van der Waals surface area (Å²) in [6, 6.07) is 12.1. The van der Waals surface area contributed by atoms with Crippen molar-refractivity contribution >= 4 is 32.9 Å². The molecule has 166 valence electrons. The van der Waals surface area contributed by atoms with Crippen LogP contribution in [0.2, 0.25) is 0 Å². The smallest absolute Gasteiger partial charge is 0.239 e. The topological polar surface area (TPSA) is 92.8 Å². The highest BCUT2D eigenvalue weighted by Crippen LogP contribution is 2.24. The van der Waals surface area contributed by atoms with E-state index in [0.717, 1.165) is 18.8 Å². The van der Waals surface area contributed by atoms with Crippen LogP contribution in [-0.2, 0) is 20.4 Å². The van der Waals surface area contributed by atoms with Crippen LogP contribution in [0.1, 0.15) is 42.1 Å². The number of hydrogen-bond acceptors (Lipinski definition) is 6. The van der Waals surface area contributed by atoms with Gasteiger partial charge < -0.3 is 15.0 Å².